The zero-order chi connectivity index (χ0) is 9.54. The summed E-state index contributed by atoms with van der Waals surface area (Å²) in [6.07, 6.45) is 5.50. The average Bonchev–Trinajstić information content (AvgIpc) is 2.56. The van der Waals surface area contributed by atoms with Gasteiger partial charge in [-0.2, -0.15) is 0 Å². The molecule has 2 aliphatic heterocycles. The van der Waals surface area contributed by atoms with Gasteiger partial charge in [-0.25, -0.2) is 0 Å². The van der Waals surface area contributed by atoms with E-state index in [9.17, 15) is 0 Å². The molecule has 3 aliphatic rings. The number of nitrogens with one attached hydrogen (secondary N) is 1. The van der Waals surface area contributed by atoms with E-state index in [1.54, 1.807) is 0 Å². The topological polar surface area (TPSA) is 27.6 Å². The van der Waals surface area contributed by atoms with Gasteiger partial charge in [0.15, 0.2) is 5.96 Å². The maximum Gasteiger partial charge on any atom is 0.194 e. The van der Waals surface area contributed by atoms with Crippen LogP contribution in [0.4, 0.5) is 0 Å². The van der Waals surface area contributed by atoms with E-state index in [0.717, 1.165) is 18.5 Å². The fourth-order valence-electron chi connectivity index (χ4n) is 3.05. The van der Waals surface area contributed by atoms with Crippen LogP contribution in [-0.2, 0) is 0 Å². The van der Waals surface area contributed by atoms with Crippen LogP contribution in [0.15, 0.2) is 4.99 Å². The fraction of sp³-hybridized carbons (Fsp3) is 0.909. The molecule has 0 bridgehead atoms. The van der Waals surface area contributed by atoms with Crippen molar-refractivity contribution < 1.29 is 0 Å². The standard InChI is InChI=1S/C11H19N3/c1-8-6-12-11-13-9-4-2-3-5-10(9)14(11)7-8/h8-10H,2-7H2,1H3,(H,12,13). The Hall–Kier alpha value is -0.730. The highest BCUT2D eigenvalue weighted by Gasteiger charge is 2.40. The van der Waals surface area contributed by atoms with Crippen LogP contribution in [0.2, 0.25) is 0 Å². The zero-order valence-corrected chi connectivity index (χ0v) is 8.87. The highest BCUT2D eigenvalue weighted by molar-refractivity contribution is 5.83. The minimum absolute atomic E-state index is 0.702. The quantitative estimate of drug-likeness (QED) is 0.626. The third-order valence-corrected chi connectivity index (χ3v) is 3.78. The lowest BCUT2D eigenvalue weighted by Crippen LogP contribution is -2.43. The van der Waals surface area contributed by atoms with E-state index in [1.807, 2.05) is 0 Å². The molecule has 1 saturated heterocycles. The Labute approximate surface area is 85.6 Å². The molecule has 1 N–H and O–H groups in total. The molecule has 0 aromatic rings. The summed E-state index contributed by atoms with van der Waals surface area (Å²) in [5, 5.41) is 3.59. The average molecular weight is 193 g/mol. The minimum Gasteiger partial charge on any atom is -0.351 e. The number of hydrogen-bond donors (Lipinski definition) is 1. The summed E-state index contributed by atoms with van der Waals surface area (Å²) in [5.41, 5.74) is 0. The zero-order valence-electron chi connectivity index (χ0n) is 8.87. The second-order valence-electron chi connectivity index (χ2n) is 5.02. The van der Waals surface area contributed by atoms with Crippen molar-refractivity contribution in [3.05, 3.63) is 0 Å². The van der Waals surface area contributed by atoms with Crippen molar-refractivity contribution in [2.75, 3.05) is 13.1 Å². The van der Waals surface area contributed by atoms with E-state index in [-0.39, 0.29) is 0 Å². The molecule has 2 fully saturated rings. The van der Waals surface area contributed by atoms with Crippen LogP contribution in [0.25, 0.3) is 0 Å². The van der Waals surface area contributed by atoms with Gasteiger partial charge in [-0.1, -0.05) is 19.8 Å². The first kappa shape index (κ1) is 8.57. The Kier molecular flexibility index (Phi) is 1.92. The van der Waals surface area contributed by atoms with E-state index in [4.69, 9.17) is 0 Å². The van der Waals surface area contributed by atoms with Gasteiger partial charge in [0.2, 0.25) is 0 Å². The number of hydrogen-bond acceptors (Lipinski definition) is 3. The molecule has 0 amide bonds. The Morgan fingerprint density at radius 2 is 2.21 bits per heavy atom. The summed E-state index contributed by atoms with van der Waals surface area (Å²) in [7, 11) is 0. The van der Waals surface area contributed by atoms with E-state index in [1.165, 1.54) is 38.2 Å². The van der Waals surface area contributed by atoms with Gasteiger partial charge in [-0.05, 0) is 18.8 Å². The van der Waals surface area contributed by atoms with Crippen molar-refractivity contribution in [3.63, 3.8) is 0 Å². The van der Waals surface area contributed by atoms with Crippen molar-refractivity contribution in [1.29, 1.82) is 0 Å². The summed E-state index contributed by atoms with van der Waals surface area (Å²) in [5.74, 6) is 1.93. The summed E-state index contributed by atoms with van der Waals surface area (Å²) >= 11 is 0. The molecule has 3 nitrogen and oxygen atoms in total. The monoisotopic (exact) mass is 193 g/mol. The summed E-state index contributed by atoms with van der Waals surface area (Å²) in [6.45, 7) is 4.53. The number of rotatable bonds is 0. The Bertz CT molecular complexity index is 261. The summed E-state index contributed by atoms with van der Waals surface area (Å²) in [4.78, 5) is 7.15. The smallest absolute Gasteiger partial charge is 0.194 e. The number of fused-ring (bicyclic) bond motifs is 3. The molecule has 0 spiro atoms. The van der Waals surface area contributed by atoms with Gasteiger partial charge in [-0.15, -0.1) is 0 Å². The van der Waals surface area contributed by atoms with E-state index in [2.05, 4.69) is 22.1 Å². The third-order valence-electron chi connectivity index (χ3n) is 3.78. The molecule has 0 radical (unpaired) electrons. The van der Waals surface area contributed by atoms with Crippen molar-refractivity contribution in [2.24, 2.45) is 10.9 Å². The number of nitrogens with zero attached hydrogens (tertiary/aromatic N) is 2. The number of aliphatic imine (C=N–C) groups is 1. The van der Waals surface area contributed by atoms with Crippen LogP contribution in [0.1, 0.15) is 32.6 Å². The molecular formula is C11H19N3. The SMILES string of the molecule is CC1CN=C2NC3CCCCC3N2C1. The molecule has 3 rings (SSSR count). The predicted molar refractivity (Wildman–Crippen MR) is 57.4 cm³/mol. The van der Waals surface area contributed by atoms with E-state index >= 15 is 0 Å². The van der Waals surface area contributed by atoms with Crippen LogP contribution < -0.4 is 5.32 Å². The molecule has 78 valence electrons. The lowest BCUT2D eigenvalue weighted by atomic mass is 9.90. The maximum absolute atomic E-state index is 4.63. The van der Waals surface area contributed by atoms with Crippen molar-refractivity contribution in [1.82, 2.24) is 10.2 Å². The lowest BCUT2D eigenvalue weighted by Gasteiger charge is -2.34. The van der Waals surface area contributed by atoms with E-state index in [0.29, 0.717) is 6.04 Å². The molecule has 0 aromatic heterocycles. The van der Waals surface area contributed by atoms with Crippen molar-refractivity contribution >= 4 is 5.96 Å². The minimum atomic E-state index is 0.702. The fourth-order valence-corrected chi connectivity index (χ4v) is 3.05. The molecule has 3 unspecified atom stereocenters. The van der Waals surface area contributed by atoms with Gasteiger partial charge in [0.25, 0.3) is 0 Å². The Morgan fingerprint density at radius 3 is 3.14 bits per heavy atom. The van der Waals surface area contributed by atoms with Crippen LogP contribution in [-0.4, -0.2) is 36.0 Å². The first-order chi connectivity index (χ1) is 6.84. The molecule has 1 aliphatic carbocycles. The summed E-state index contributed by atoms with van der Waals surface area (Å²) in [6, 6.07) is 1.46. The van der Waals surface area contributed by atoms with Crippen LogP contribution in [0.5, 0.6) is 0 Å². The lowest BCUT2D eigenvalue weighted by molar-refractivity contribution is 0.222. The molecule has 1 saturated carbocycles. The molecule has 14 heavy (non-hydrogen) atoms. The molecule has 3 atom stereocenters. The van der Waals surface area contributed by atoms with Crippen molar-refractivity contribution in [2.45, 2.75) is 44.7 Å². The van der Waals surface area contributed by atoms with Gasteiger partial charge < -0.3 is 10.2 Å². The second kappa shape index (κ2) is 3.14. The van der Waals surface area contributed by atoms with Crippen LogP contribution >= 0.6 is 0 Å². The van der Waals surface area contributed by atoms with Gasteiger partial charge in [-0.3, -0.25) is 4.99 Å². The number of guanidine groups is 1. The van der Waals surface area contributed by atoms with E-state index < -0.39 is 0 Å². The molecule has 0 aromatic carbocycles. The highest BCUT2D eigenvalue weighted by atomic mass is 15.4. The molecule has 2 heterocycles. The first-order valence-electron chi connectivity index (χ1n) is 5.92. The molecular weight excluding hydrogens is 174 g/mol. The second-order valence-corrected chi connectivity index (χ2v) is 5.02. The van der Waals surface area contributed by atoms with Gasteiger partial charge >= 0.3 is 0 Å². The van der Waals surface area contributed by atoms with Gasteiger partial charge in [0, 0.05) is 19.1 Å². The summed E-state index contributed by atoms with van der Waals surface area (Å²) < 4.78 is 0. The maximum atomic E-state index is 4.63. The third kappa shape index (κ3) is 1.22. The van der Waals surface area contributed by atoms with Crippen molar-refractivity contribution in [3.8, 4) is 0 Å². The Balaban J connectivity index is 1.83. The largest absolute Gasteiger partial charge is 0.351 e. The molecule has 3 heteroatoms. The van der Waals surface area contributed by atoms with Gasteiger partial charge in [0.1, 0.15) is 0 Å². The normalized spacial score (nSPS) is 41.1. The van der Waals surface area contributed by atoms with Crippen LogP contribution in [0.3, 0.4) is 0 Å². The highest BCUT2D eigenvalue weighted by Crippen LogP contribution is 2.29. The Morgan fingerprint density at radius 1 is 1.36 bits per heavy atom. The predicted octanol–water partition coefficient (Wildman–Crippen LogP) is 1.21. The van der Waals surface area contributed by atoms with Gasteiger partial charge in [0.05, 0.1) is 6.04 Å². The van der Waals surface area contributed by atoms with Crippen LogP contribution in [0, 0.1) is 5.92 Å². The first-order valence-corrected chi connectivity index (χ1v) is 5.92.